The van der Waals surface area contributed by atoms with Crippen LogP contribution in [0.5, 0.6) is 11.6 Å². The van der Waals surface area contributed by atoms with E-state index in [2.05, 4.69) is 22.2 Å². The van der Waals surface area contributed by atoms with E-state index in [9.17, 15) is 0 Å². The van der Waals surface area contributed by atoms with Crippen molar-refractivity contribution in [2.24, 2.45) is 10.7 Å². The smallest absolute Gasteiger partial charge is 0.218 e. The van der Waals surface area contributed by atoms with Crippen LogP contribution < -0.4 is 20.5 Å². The molecule has 0 unspecified atom stereocenters. The van der Waals surface area contributed by atoms with Crippen molar-refractivity contribution < 1.29 is 9.47 Å². The molecule has 0 aliphatic heterocycles. The van der Waals surface area contributed by atoms with Crippen LogP contribution in [0, 0.1) is 0 Å². The number of hydrogen-bond donors (Lipinski definition) is 2. The monoisotopic (exact) mass is 490 g/mol. The van der Waals surface area contributed by atoms with Crippen LogP contribution in [0.4, 0.5) is 5.69 Å². The Bertz CT molecular complexity index is 728. The van der Waals surface area contributed by atoms with Gasteiger partial charge in [0.25, 0.3) is 0 Å². The Labute approximate surface area is 176 Å². The largest absolute Gasteiger partial charge is 0.495 e. The number of nitrogens with two attached hydrogens (primary N) is 1. The number of aromatic nitrogens is 1. The molecule has 0 fully saturated rings. The van der Waals surface area contributed by atoms with E-state index in [4.69, 9.17) is 26.8 Å². The van der Waals surface area contributed by atoms with Crippen LogP contribution in [0.2, 0.25) is 5.02 Å². The highest BCUT2D eigenvalue weighted by Gasteiger charge is 2.05. The fourth-order valence-electron chi connectivity index (χ4n) is 2.09. The van der Waals surface area contributed by atoms with Crippen LogP contribution in [0.1, 0.15) is 25.3 Å². The maximum Gasteiger partial charge on any atom is 0.218 e. The molecule has 0 aliphatic rings. The van der Waals surface area contributed by atoms with Gasteiger partial charge in [0.1, 0.15) is 5.75 Å². The molecule has 2 aromatic rings. The van der Waals surface area contributed by atoms with E-state index in [-0.39, 0.29) is 29.9 Å². The average Bonchev–Trinajstić information content (AvgIpc) is 2.61. The molecule has 1 heterocycles. The lowest BCUT2D eigenvalue weighted by Crippen LogP contribution is -2.22. The Balaban J connectivity index is 0.00000338. The zero-order valence-electron chi connectivity index (χ0n) is 14.9. The van der Waals surface area contributed by atoms with Crippen molar-refractivity contribution in [3.05, 3.63) is 47.1 Å². The molecule has 26 heavy (non-hydrogen) atoms. The summed E-state index contributed by atoms with van der Waals surface area (Å²) in [4.78, 5) is 8.60. The summed E-state index contributed by atoms with van der Waals surface area (Å²) in [5.74, 6) is 1.48. The summed E-state index contributed by atoms with van der Waals surface area (Å²) in [5, 5.41) is 3.50. The molecule has 3 N–H and O–H groups in total. The van der Waals surface area contributed by atoms with Crippen LogP contribution in [0.3, 0.4) is 0 Å². The number of anilines is 1. The van der Waals surface area contributed by atoms with E-state index in [1.165, 1.54) is 0 Å². The van der Waals surface area contributed by atoms with Gasteiger partial charge in [-0.2, -0.15) is 0 Å². The summed E-state index contributed by atoms with van der Waals surface area (Å²) in [6.07, 6.45) is 3.76. The normalized spacial score (nSPS) is 10.8. The summed E-state index contributed by atoms with van der Waals surface area (Å²) in [6.45, 7) is 3.13. The minimum atomic E-state index is 0. The third-order valence-electron chi connectivity index (χ3n) is 3.43. The second kappa shape index (κ2) is 11.8. The summed E-state index contributed by atoms with van der Waals surface area (Å²) in [7, 11) is 1.57. The van der Waals surface area contributed by atoms with Crippen molar-refractivity contribution in [1.82, 2.24) is 4.98 Å². The summed E-state index contributed by atoms with van der Waals surface area (Å²) >= 11 is 6.10. The molecule has 142 valence electrons. The zero-order valence-corrected chi connectivity index (χ0v) is 18.0. The second-order valence-electron chi connectivity index (χ2n) is 5.35. The quantitative estimate of drug-likeness (QED) is 0.247. The van der Waals surface area contributed by atoms with E-state index in [0.29, 0.717) is 29.8 Å². The first-order valence-electron chi connectivity index (χ1n) is 8.11. The topological polar surface area (TPSA) is 81.8 Å². The van der Waals surface area contributed by atoms with Crippen molar-refractivity contribution >= 4 is 47.2 Å². The van der Waals surface area contributed by atoms with Gasteiger partial charge in [0.05, 0.1) is 25.3 Å². The number of guanidine groups is 1. The summed E-state index contributed by atoms with van der Waals surface area (Å²) < 4.78 is 10.8. The van der Waals surface area contributed by atoms with Crippen LogP contribution in [0.25, 0.3) is 0 Å². The Morgan fingerprint density at radius 3 is 2.85 bits per heavy atom. The molecule has 1 aromatic heterocycles. The predicted octanol–water partition coefficient (Wildman–Crippen LogP) is 4.47. The SMILES string of the molecule is CCCCOc1ncccc1CN=C(N)Nc1ccc(OC)c(Cl)c1.I. The number of pyridine rings is 1. The molecule has 6 nitrogen and oxygen atoms in total. The Morgan fingerprint density at radius 1 is 1.35 bits per heavy atom. The molecule has 2 rings (SSSR count). The number of hydrogen-bond acceptors (Lipinski definition) is 4. The van der Waals surface area contributed by atoms with Gasteiger partial charge in [0.2, 0.25) is 5.88 Å². The first-order chi connectivity index (χ1) is 12.1. The van der Waals surface area contributed by atoms with Crippen molar-refractivity contribution in [3.63, 3.8) is 0 Å². The van der Waals surface area contributed by atoms with Crippen LogP contribution in [-0.2, 0) is 6.54 Å². The molecule has 8 heteroatoms. The molecule has 0 saturated heterocycles. The minimum absolute atomic E-state index is 0. The van der Waals surface area contributed by atoms with Gasteiger partial charge in [0.15, 0.2) is 5.96 Å². The van der Waals surface area contributed by atoms with Crippen molar-refractivity contribution in [2.75, 3.05) is 19.0 Å². The Hall–Kier alpha value is -1.74. The lowest BCUT2D eigenvalue weighted by Gasteiger charge is -2.10. The standard InChI is InChI=1S/C18H23ClN4O2.HI/c1-3-4-10-25-17-13(6-5-9-21-17)12-22-18(20)23-14-7-8-16(24-2)15(19)11-14;/h5-9,11H,3-4,10,12H2,1-2H3,(H3,20,22,23);1H. The van der Waals surface area contributed by atoms with E-state index in [0.717, 1.165) is 24.1 Å². The third-order valence-corrected chi connectivity index (χ3v) is 3.73. The summed E-state index contributed by atoms with van der Waals surface area (Å²) in [6, 6.07) is 9.08. The van der Waals surface area contributed by atoms with Gasteiger partial charge >= 0.3 is 0 Å². The molecule has 0 aliphatic carbocycles. The third kappa shape index (κ3) is 6.87. The Morgan fingerprint density at radius 2 is 2.15 bits per heavy atom. The van der Waals surface area contributed by atoms with Gasteiger partial charge in [-0.25, -0.2) is 9.98 Å². The van der Waals surface area contributed by atoms with Crippen LogP contribution >= 0.6 is 35.6 Å². The molecule has 1 aromatic carbocycles. The van der Waals surface area contributed by atoms with Gasteiger partial charge in [-0.05, 0) is 30.7 Å². The van der Waals surface area contributed by atoms with E-state index >= 15 is 0 Å². The number of ether oxygens (including phenoxy) is 2. The number of unbranched alkanes of at least 4 members (excludes halogenated alkanes) is 1. The van der Waals surface area contributed by atoms with Crippen LogP contribution in [0.15, 0.2) is 41.5 Å². The van der Waals surface area contributed by atoms with Gasteiger partial charge in [-0.15, -0.1) is 24.0 Å². The lowest BCUT2D eigenvalue weighted by atomic mass is 10.2. The van der Waals surface area contributed by atoms with Crippen molar-refractivity contribution in [1.29, 1.82) is 0 Å². The number of benzene rings is 1. The lowest BCUT2D eigenvalue weighted by molar-refractivity contribution is 0.294. The molecular formula is C18H24ClIN4O2. The number of nitrogens with zero attached hydrogens (tertiary/aromatic N) is 2. The number of halogens is 2. The van der Waals surface area contributed by atoms with E-state index < -0.39 is 0 Å². The number of rotatable bonds is 8. The van der Waals surface area contributed by atoms with Crippen molar-refractivity contribution in [2.45, 2.75) is 26.3 Å². The number of methoxy groups -OCH3 is 1. The highest BCUT2D eigenvalue weighted by atomic mass is 127. The first-order valence-corrected chi connectivity index (χ1v) is 8.49. The highest BCUT2D eigenvalue weighted by molar-refractivity contribution is 14.0. The molecule has 0 spiro atoms. The van der Waals surface area contributed by atoms with Gasteiger partial charge < -0.3 is 20.5 Å². The number of nitrogens with one attached hydrogen (secondary N) is 1. The molecule has 0 saturated carbocycles. The number of aliphatic imine (C=N–C) groups is 1. The highest BCUT2D eigenvalue weighted by Crippen LogP contribution is 2.27. The van der Waals surface area contributed by atoms with E-state index in [1.54, 1.807) is 25.4 Å². The molecule has 0 atom stereocenters. The van der Waals surface area contributed by atoms with Gasteiger partial charge in [-0.1, -0.05) is 31.0 Å². The fraction of sp³-hybridized carbons (Fsp3) is 0.333. The first kappa shape index (κ1) is 22.3. The van der Waals surface area contributed by atoms with Crippen LogP contribution in [-0.4, -0.2) is 24.7 Å². The second-order valence-corrected chi connectivity index (χ2v) is 5.75. The zero-order chi connectivity index (χ0) is 18.1. The maximum atomic E-state index is 6.10. The molecule has 0 amide bonds. The minimum Gasteiger partial charge on any atom is -0.495 e. The van der Waals surface area contributed by atoms with E-state index in [1.807, 2.05) is 18.2 Å². The van der Waals surface area contributed by atoms with Crippen molar-refractivity contribution in [3.8, 4) is 11.6 Å². The fourth-order valence-corrected chi connectivity index (χ4v) is 2.35. The average molecular weight is 491 g/mol. The molecule has 0 bridgehead atoms. The molecular weight excluding hydrogens is 467 g/mol. The van der Waals surface area contributed by atoms with Gasteiger partial charge in [-0.3, -0.25) is 0 Å². The molecule has 0 radical (unpaired) electrons. The predicted molar refractivity (Wildman–Crippen MR) is 117 cm³/mol. The van der Waals surface area contributed by atoms with Gasteiger partial charge in [0, 0.05) is 17.4 Å². The summed E-state index contributed by atoms with van der Waals surface area (Å²) in [5.41, 5.74) is 7.57. The maximum absolute atomic E-state index is 6.10. The Kier molecular flexibility index (Phi) is 10.1.